The number of carbonyl (C=O) groups excluding carboxylic acids is 1. The van der Waals surface area contributed by atoms with Crippen molar-refractivity contribution in [2.75, 3.05) is 17.2 Å². The normalized spacial score (nSPS) is 11.2. The zero-order valence-corrected chi connectivity index (χ0v) is 17.8. The number of benzene rings is 1. The largest absolute Gasteiger partial charge is 0.383 e. The Bertz CT molecular complexity index is 1080. The van der Waals surface area contributed by atoms with E-state index in [0.717, 1.165) is 0 Å². The van der Waals surface area contributed by atoms with Gasteiger partial charge in [-0.1, -0.05) is 33.8 Å². The molecule has 1 aromatic carbocycles. The van der Waals surface area contributed by atoms with Crippen LogP contribution in [0.4, 0.5) is 17.2 Å². The summed E-state index contributed by atoms with van der Waals surface area (Å²) in [5, 5.41) is 11.3. The van der Waals surface area contributed by atoms with E-state index in [1.165, 1.54) is 27.7 Å². The van der Waals surface area contributed by atoms with Crippen LogP contribution in [0.15, 0.2) is 27.8 Å². The highest BCUT2D eigenvalue weighted by molar-refractivity contribution is 6.07. The Hall–Kier alpha value is -3.43. The molecule has 0 aliphatic heterocycles. The van der Waals surface area contributed by atoms with Crippen LogP contribution >= 0.6 is 0 Å². The van der Waals surface area contributed by atoms with Gasteiger partial charge in [0.15, 0.2) is 5.69 Å². The van der Waals surface area contributed by atoms with Gasteiger partial charge in [-0.2, -0.15) is 0 Å². The maximum absolute atomic E-state index is 13.3. The van der Waals surface area contributed by atoms with Crippen molar-refractivity contribution >= 4 is 23.1 Å². The van der Waals surface area contributed by atoms with Crippen LogP contribution in [0.2, 0.25) is 0 Å². The van der Waals surface area contributed by atoms with Gasteiger partial charge in [0.2, 0.25) is 0 Å². The number of aromatic nitrogens is 2. The maximum atomic E-state index is 13.3. The molecule has 0 saturated carbocycles. The number of hydrogen-bond acceptors (Lipinski definition) is 6. The summed E-state index contributed by atoms with van der Waals surface area (Å²) in [4.78, 5) is 52.3. The topological polar surface area (TPSA) is 144 Å². The summed E-state index contributed by atoms with van der Waals surface area (Å²) in [6.07, 6.45) is 0. The van der Waals surface area contributed by atoms with E-state index in [2.05, 4.69) is 4.98 Å². The van der Waals surface area contributed by atoms with E-state index in [4.69, 9.17) is 5.73 Å². The highest BCUT2D eigenvalue weighted by Crippen LogP contribution is 2.24. The minimum atomic E-state index is -0.784. The maximum Gasteiger partial charge on any atom is 0.330 e. The number of aromatic amines is 1. The summed E-state index contributed by atoms with van der Waals surface area (Å²) >= 11 is 0. The van der Waals surface area contributed by atoms with E-state index in [1.54, 1.807) is 6.92 Å². The molecule has 1 amide bonds. The predicted octanol–water partition coefficient (Wildman–Crippen LogP) is 2.29. The Morgan fingerprint density at radius 3 is 2.40 bits per heavy atom. The molecule has 10 heteroatoms. The number of rotatable bonds is 7. The highest BCUT2D eigenvalue weighted by Gasteiger charge is 2.27. The lowest BCUT2D eigenvalue weighted by Gasteiger charge is -2.26. The van der Waals surface area contributed by atoms with Crippen molar-refractivity contribution in [2.24, 2.45) is 11.8 Å². The number of amides is 1. The highest BCUT2D eigenvalue weighted by atomic mass is 16.6. The summed E-state index contributed by atoms with van der Waals surface area (Å²) < 4.78 is 1.22. The van der Waals surface area contributed by atoms with Crippen molar-refractivity contribution in [2.45, 2.75) is 41.2 Å². The number of nitrogens with zero attached hydrogens (tertiary/aromatic N) is 3. The number of aryl methyl sites for hydroxylation is 1. The van der Waals surface area contributed by atoms with Crippen LogP contribution in [0, 0.1) is 28.9 Å². The first-order valence-corrected chi connectivity index (χ1v) is 9.63. The summed E-state index contributed by atoms with van der Waals surface area (Å²) in [5.74, 6) is -0.705. The number of carbonyl (C=O) groups is 1. The average Bonchev–Trinajstić information content (AvgIpc) is 2.63. The first-order valence-electron chi connectivity index (χ1n) is 9.63. The van der Waals surface area contributed by atoms with Gasteiger partial charge in [0.1, 0.15) is 5.82 Å². The standard InChI is InChI=1S/C20H27N5O5/c1-11(2)9-23(19(27)14-7-6-13(5)15(8-14)25(29)30)16-17(21)24(10-12(3)4)20(28)22-18(16)26/h6-8,11-12H,9-10,21H2,1-5H3,(H,22,26,28). The molecule has 0 atom stereocenters. The second kappa shape index (κ2) is 8.93. The number of nitro groups is 1. The molecule has 0 radical (unpaired) electrons. The number of anilines is 2. The second-order valence-corrected chi connectivity index (χ2v) is 8.07. The molecule has 0 fully saturated rings. The molecule has 3 N–H and O–H groups in total. The molecule has 1 heterocycles. The third kappa shape index (κ3) is 4.76. The van der Waals surface area contributed by atoms with E-state index in [1.807, 2.05) is 27.7 Å². The summed E-state index contributed by atoms with van der Waals surface area (Å²) in [7, 11) is 0. The fourth-order valence-corrected chi connectivity index (χ4v) is 3.12. The molecule has 2 rings (SSSR count). The van der Waals surface area contributed by atoms with Crippen LogP contribution in [0.25, 0.3) is 0 Å². The number of nitrogens with two attached hydrogens (primary N) is 1. The molecule has 10 nitrogen and oxygen atoms in total. The molecular weight excluding hydrogens is 390 g/mol. The Balaban J connectivity index is 2.68. The summed E-state index contributed by atoms with van der Waals surface area (Å²) in [6, 6.07) is 4.12. The molecule has 0 saturated heterocycles. The van der Waals surface area contributed by atoms with Gasteiger partial charge >= 0.3 is 5.69 Å². The first-order chi connectivity index (χ1) is 13.9. The molecule has 0 spiro atoms. The van der Waals surface area contributed by atoms with Crippen LogP contribution in [-0.2, 0) is 6.54 Å². The zero-order valence-electron chi connectivity index (χ0n) is 17.8. The molecule has 0 bridgehead atoms. The van der Waals surface area contributed by atoms with Gasteiger partial charge in [0, 0.05) is 30.3 Å². The Morgan fingerprint density at radius 1 is 1.23 bits per heavy atom. The fraction of sp³-hybridized carbons (Fsp3) is 0.450. The van der Waals surface area contributed by atoms with Gasteiger partial charge in [-0.05, 0) is 24.8 Å². The van der Waals surface area contributed by atoms with Crippen LogP contribution in [0.1, 0.15) is 43.6 Å². The number of nitrogens with one attached hydrogen (secondary N) is 1. The molecule has 0 aliphatic rings. The van der Waals surface area contributed by atoms with Gasteiger partial charge in [-0.25, -0.2) is 4.79 Å². The van der Waals surface area contributed by atoms with Crippen LogP contribution < -0.4 is 21.9 Å². The fourth-order valence-electron chi connectivity index (χ4n) is 3.12. The Kier molecular flexibility index (Phi) is 6.81. The zero-order chi connectivity index (χ0) is 22.7. The molecular formula is C20H27N5O5. The third-order valence-electron chi connectivity index (χ3n) is 4.48. The smallest absolute Gasteiger partial charge is 0.330 e. The van der Waals surface area contributed by atoms with Crippen molar-refractivity contribution in [1.29, 1.82) is 0 Å². The van der Waals surface area contributed by atoms with E-state index in [-0.39, 0.29) is 47.7 Å². The lowest BCUT2D eigenvalue weighted by Crippen LogP contribution is -2.43. The minimum absolute atomic E-state index is 0.0429. The van der Waals surface area contributed by atoms with E-state index in [0.29, 0.717) is 5.56 Å². The summed E-state index contributed by atoms with van der Waals surface area (Å²) in [5.41, 5.74) is 4.85. The molecule has 0 aliphatic carbocycles. The van der Waals surface area contributed by atoms with Crippen LogP contribution in [0.3, 0.4) is 0 Å². The van der Waals surface area contributed by atoms with Crippen molar-refractivity contribution in [3.63, 3.8) is 0 Å². The van der Waals surface area contributed by atoms with Gasteiger partial charge < -0.3 is 10.6 Å². The lowest BCUT2D eigenvalue weighted by molar-refractivity contribution is -0.385. The number of hydrogen-bond donors (Lipinski definition) is 2. The van der Waals surface area contributed by atoms with E-state index in [9.17, 15) is 24.5 Å². The number of nitrogen functional groups attached to an aromatic ring is 1. The van der Waals surface area contributed by atoms with Gasteiger partial charge in [-0.3, -0.25) is 29.3 Å². The third-order valence-corrected chi connectivity index (χ3v) is 4.48. The molecule has 1 aromatic heterocycles. The average molecular weight is 417 g/mol. The SMILES string of the molecule is Cc1ccc(C(=O)N(CC(C)C)c2c(N)n(CC(C)C)c(=O)[nH]c2=O)cc1[N+](=O)[O-]. The van der Waals surface area contributed by atoms with Gasteiger partial charge in [0.05, 0.1) is 4.92 Å². The summed E-state index contributed by atoms with van der Waals surface area (Å²) in [6.45, 7) is 9.45. The van der Waals surface area contributed by atoms with Crippen molar-refractivity contribution in [3.8, 4) is 0 Å². The lowest BCUT2D eigenvalue weighted by atomic mass is 10.1. The van der Waals surface area contributed by atoms with Gasteiger partial charge in [0.25, 0.3) is 17.2 Å². The molecule has 30 heavy (non-hydrogen) atoms. The Morgan fingerprint density at radius 2 is 1.87 bits per heavy atom. The van der Waals surface area contributed by atoms with Crippen molar-refractivity contribution in [1.82, 2.24) is 9.55 Å². The van der Waals surface area contributed by atoms with Crippen molar-refractivity contribution in [3.05, 3.63) is 60.3 Å². The minimum Gasteiger partial charge on any atom is -0.383 e. The molecule has 2 aromatic rings. The monoisotopic (exact) mass is 417 g/mol. The predicted molar refractivity (Wildman–Crippen MR) is 115 cm³/mol. The van der Waals surface area contributed by atoms with Crippen LogP contribution in [0.5, 0.6) is 0 Å². The quantitative estimate of drug-likeness (QED) is 0.522. The van der Waals surface area contributed by atoms with E-state index >= 15 is 0 Å². The van der Waals surface area contributed by atoms with E-state index < -0.39 is 22.1 Å². The molecule has 0 unspecified atom stereocenters. The van der Waals surface area contributed by atoms with Crippen LogP contribution in [-0.4, -0.2) is 26.9 Å². The van der Waals surface area contributed by atoms with Gasteiger partial charge in [-0.15, -0.1) is 0 Å². The number of nitro benzene ring substituents is 1. The number of H-pyrrole nitrogens is 1. The Labute approximate surface area is 173 Å². The second-order valence-electron chi connectivity index (χ2n) is 8.07. The van der Waals surface area contributed by atoms with Crippen molar-refractivity contribution < 1.29 is 9.72 Å². The first kappa shape index (κ1) is 22.9. The molecule has 162 valence electrons.